The third-order valence-corrected chi connectivity index (χ3v) is 11.9. The van der Waals surface area contributed by atoms with Crippen LogP contribution in [-0.4, -0.2) is 93.1 Å². The van der Waals surface area contributed by atoms with E-state index in [1.54, 1.807) is 0 Å². The fourth-order valence-corrected chi connectivity index (χ4v) is 8.59. The highest BCUT2D eigenvalue weighted by Gasteiger charge is 2.41. The SMILES string of the molecule is COC(=O)NC(C(=O)N1C[C@@H](C)C[C@H]1c1ncc(-c2ccc(-c3ccc4cc(-c5cnc([C@@H]6C[C@H](C)CN6C(=O)[C@@H](NC(=O)OC)C(C)C)[nH]5)ccc4c3)cc2)[nH]1)C(C)C. The zero-order chi connectivity index (χ0) is 42.8. The summed E-state index contributed by atoms with van der Waals surface area (Å²) < 4.78 is 9.57. The molecule has 7 rings (SSSR count). The number of amides is 4. The topological polar surface area (TPSA) is 175 Å². The van der Waals surface area contributed by atoms with E-state index in [1.165, 1.54) is 14.2 Å². The van der Waals surface area contributed by atoms with Gasteiger partial charge in [0, 0.05) is 18.7 Å². The Bertz CT molecular complexity index is 2350. The molecule has 5 aromatic rings. The first-order valence-electron chi connectivity index (χ1n) is 20.8. The lowest BCUT2D eigenvalue weighted by molar-refractivity contribution is -0.136. The molecule has 6 atom stereocenters. The Morgan fingerprint density at radius 3 is 1.47 bits per heavy atom. The first-order valence-corrected chi connectivity index (χ1v) is 20.8. The molecular formula is C46H56N8O6. The predicted octanol–water partition coefficient (Wildman–Crippen LogP) is 7.87. The first-order chi connectivity index (χ1) is 28.7. The van der Waals surface area contributed by atoms with Crippen LogP contribution in [0.4, 0.5) is 9.59 Å². The number of methoxy groups -OCH3 is 2. The van der Waals surface area contributed by atoms with Gasteiger partial charge in [-0.1, -0.05) is 90.1 Å². The molecule has 2 saturated heterocycles. The van der Waals surface area contributed by atoms with Crippen LogP contribution in [0, 0.1) is 23.7 Å². The van der Waals surface area contributed by atoms with E-state index in [4.69, 9.17) is 19.4 Å². The number of aromatic nitrogens is 4. The van der Waals surface area contributed by atoms with Crippen LogP contribution < -0.4 is 10.6 Å². The third kappa shape index (κ3) is 8.73. The Kier molecular flexibility index (Phi) is 12.3. The van der Waals surface area contributed by atoms with Gasteiger partial charge in [-0.2, -0.15) is 0 Å². The molecule has 4 N–H and O–H groups in total. The highest BCUT2D eigenvalue weighted by Crippen LogP contribution is 2.38. The maximum Gasteiger partial charge on any atom is 0.407 e. The van der Waals surface area contributed by atoms with E-state index >= 15 is 0 Å². The van der Waals surface area contributed by atoms with Crippen LogP contribution in [0.2, 0.25) is 0 Å². The summed E-state index contributed by atoms with van der Waals surface area (Å²) >= 11 is 0. The predicted molar refractivity (Wildman–Crippen MR) is 229 cm³/mol. The number of rotatable bonds is 11. The molecule has 0 radical (unpaired) electrons. The van der Waals surface area contributed by atoms with Crippen LogP contribution in [0.5, 0.6) is 0 Å². The molecular weight excluding hydrogens is 761 g/mol. The second-order valence-corrected chi connectivity index (χ2v) is 17.1. The number of imidazole rings is 2. The number of hydrogen-bond acceptors (Lipinski definition) is 8. The van der Waals surface area contributed by atoms with Gasteiger partial charge in [0.2, 0.25) is 11.8 Å². The Morgan fingerprint density at radius 2 is 1.02 bits per heavy atom. The number of likely N-dealkylation sites (tertiary alicyclic amines) is 2. The number of carbonyl (C=O) groups is 4. The summed E-state index contributed by atoms with van der Waals surface area (Å²) in [6, 6.07) is 19.3. The normalized spacial score (nSPS) is 20.1. The van der Waals surface area contributed by atoms with E-state index < -0.39 is 24.3 Å². The zero-order valence-corrected chi connectivity index (χ0v) is 35.6. The molecule has 0 bridgehead atoms. The summed E-state index contributed by atoms with van der Waals surface area (Å²) in [7, 11) is 2.59. The Labute approximate surface area is 350 Å². The van der Waals surface area contributed by atoms with Crippen molar-refractivity contribution in [1.82, 2.24) is 40.4 Å². The summed E-state index contributed by atoms with van der Waals surface area (Å²) in [5.74, 6) is 1.50. The van der Waals surface area contributed by atoms with Crippen LogP contribution >= 0.6 is 0 Å². The summed E-state index contributed by atoms with van der Waals surface area (Å²) in [5.41, 5.74) is 5.87. The maximum absolute atomic E-state index is 13.7. The molecule has 2 aromatic heterocycles. The number of benzene rings is 3. The van der Waals surface area contributed by atoms with Crippen molar-refractivity contribution in [3.8, 4) is 33.6 Å². The standard InChI is InChI=1S/C46H56N8O6/c1-25(2)39(51-45(57)59-7)43(55)53-23-27(5)17-37(53)41-47-21-35(49-41)30-11-9-29(10-12-30)31-13-14-33-20-34(16-15-32(33)19-31)36-22-48-42(50-36)38-18-28(6)24-54(38)44(56)40(26(3)4)52-46(58)60-8/h9-16,19-22,25-28,37-40H,17-18,23-24H2,1-8H3,(H,47,49)(H,48,50)(H,51,57)(H,52,58)/t27-,28-,37-,38-,39?,40-/m0/s1. The molecule has 0 saturated carbocycles. The fraction of sp³-hybridized carbons (Fsp3) is 0.435. The van der Waals surface area contributed by atoms with Crippen molar-refractivity contribution < 1.29 is 28.7 Å². The molecule has 60 heavy (non-hydrogen) atoms. The van der Waals surface area contributed by atoms with Crippen molar-refractivity contribution in [1.29, 1.82) is 0 Å². The van der Waals surface area contributed by atoms with Gasteiger partial charge >= 0.3 is 12.2 Å². The molecule has 2 aliphatic heterocycles. The molecule has 0 spiro atoms. The quantitative estimate of drug-likeness (QED) is 0.104. The minimum atomic E-state index is -0.701. The van der Waals surface area contributed by atoms with Gasteiger partial charge < -0.3 is 39.9 Å². The van der Waals surface area contributed by atoms with Crippen LogP contribution in [0.25, 0.3) is 44.4 Å². The molecule has 316 valence electrons. The number of nitrogens with one attached hydrogen (secondary N) is 4. The lowest BCUT2D eigenvalue weighted by Crippen LogP contribution is -2.51. The van der Waals surface area contributed by atoms with E-state index in [0.29, 0.717) is 13.1 Å². The molecule has 3 aromatic carbocycles. The van der Waals surface area contributed by atoms with E-state index in [0.717, 1.165) is 68.9 Å². The number of hydrogen-bond donors (Lipinski definition) is 4. The number of carbonyl (C=O) groups excluding carboxylic acids is 4. The van der Waals surface area contributed by atoms with Crippen molar-refractivity contribution in [2.45, 2.75) is 78.6 Å². The van der Waals surface area contributed by atoms with Crippen molar-refractivity contribution in [2.75, 3.05) is 27.3 Å². The van der Waals surface area contributed by atoms with Gasteiger partial charge in [0.05, 0.1) is 50.1 Å². The Morgan fingerprint density at radius 1 is 0.617 bits per heavy atom. The van der Waals surface area contributed by atoms with Crippen LogP contribution in [0.15, 0.2) is 73.1 Å². The lowest BCUT2D eigenvalue weighted by atomic mass is 9.98. The smallest absolute Gasteiger partial charge is 0.407 e. The van der Waals surface area contributed by atoms with Crippen molar-refractivity contribution in [3.63, 3.8) is 0 Å². The molecule has 0 aliphatic carbocycles. The summed E-state index contributed by atoms with van der Waals surface area (Å²) in [5, 5.41) is 7.62. The average molecular weight is 817 g/mol. The molecule has 4 heterocycles. The van der Waals surface area contributed by atoms with Gasteiger partial charge in [-0.3, -0.25) is 9.59 Å². The van der Waals surface area contributed by atoms with E-state index in [9.17, 15) is 19.2 Å². The highest BCUT2D eigenvalue weighted by molar-refractivity contribution is 5.91. The Balaban J connectivity index is 1.04. The minimum absolute atomic E-state index is 0.114. The Hall–Kier alpha value is -6.18. The van der Waals surface area contributed by atoms with E-state index in [1.807, 2.05) is 49.9 Å². The van der Waals surface area contributed by atoms with E-state index in [-0.39, 0.29) is 47.6 Å². The lowest BCUT2D eigenvalue weighted by Gasteiger charge is -2.30. The molecule has 4 amide bonds. The fourth-order valence-electron chi connectivity index (χ4n) is 8.59. The summed E-state index contributed by atoms with van der Waals surface area (Å²) in [6.45, 7) is 13.0. The van der Waals surface area contributed by atoms with Crippen molar-refractivity contribution in [3.05, 3.63) is 84.7 Å². The van der Waals surface area contributed by atoms with Crippen molar-refractivity contribution >= 4 is 34.8 Å². The first kappa shape index (κ1) is 42.0. The van der Waals surface area contributed by atoms with Crippen LogP contribution in [0.3, 0.4) is 0 Å². The van der Waals surface area contributed by atoms with Crippen LogP contribution in [0.1, 0.15) is 78.1 Å². The molecule has 2 fully saturated rings. The molecule has 14 heteroatoms. The van der Waals surface area contributed by atoms with Gasteiger partial charge in [-0.15, -0.1) is 0 Å². The highest BCUT2D eigenvalue weighted by atomic mass is 16.5. The number of fused-ring (bicyclic) bond motifs is 1. The summed E-state index contributed by atoms with van der Waals surface area (Å²) in [4.78, 5) is 71.6. The van der Waals surface area contributed by atoms with Crippen LogP contribution in [-0.2, 0) is 19.1 Å². The maximum atomic E-state index is 13.7. The average Bonchev–Trinajstić information content (AvgIpc) is 4.07. The van der Waals surface area contributed by atoms with Crippen molar-refractivity contribution in [2.24, 2.45) is 23.7 Å². The number of ether oxygens (including phenoxy) is 2. The number of nitrogens with zero attached hydrogens (tertiary/aromatic N) is 4. The second-order valence-electron chi connectivity index (χ2n) is 17.1. The largest absolute Gasteiger partial charge is 0.453 e. The summed E-state index contributed by atoms with van der Waals surface area (Å²) in [6.07, 6.45) is 3.93. The van der Waals surface area contributed by atoms with Gasteiger partial charge in [-0.05, 0) is 76.1 Å². The molecule has 1 unspecified atom stereocenters. The minimum Gasteiger partial charge on any atom is -0.453 e. The van der Waals surface area contributed by atoms with Gasteiger partial charge in [0.1, 0.15) is 23.7 Å². The number of H-pyrrole nitrogens is 2. The molecule has 14 nitrogen and oxygen atoms in total. The third-order valence-electron chi connectivity index (χ3n) is 11.9. The van der Waals surface area contributed by atoms with E-state index in [2.05, 4.69) is 95.1 Å². The van der Waals surface area contributed by atoms with Gasteiger partial charge in [0.15, 0.2) is 0 Å². The second kappa shape index (κ2) is 17.6. The monoisotopic (exact) mass is 816 g/mol. The molecule has 2 aliphatic rings. The van der Waals surface area contributed by atoms with Gasteiger partial charge in [0.25, 0.3) is 0 Å². The zero-order valence-electron chi connectivity index (χ0n) is 35.6. The van der Waals surface area contributed by atoms with Gasteiger partial charge in [-0.25, -0.2) is 19.6 Å². The number of aromatic amines is 2. The number of alkyl carbamates (subject to hydrolysis) is 2.